The second-order valence-corrected chi connectivity index (χ2v) is 9.37. The van der Waals surface area contributed by atoms with Gasteiger partial charge in [0, 0.05) is 16.5 Å². The zero-order chi connectivity index (χ0) is 26.9. The molecule has 0 spiro atoms. The van der Waals surface area contributed by atoms with Crippen LogP contribution >= 0.6 is 11.8 Å². The Labute approximate surface area is 210 Å². The van der Waals surface area contributed by atoms with Crippen molar-refractivity contribution in [2.75, 3.05) is 10.6 Å². The highest BCUT2D eigenvalue weighted by molar-refractivity contribution is 8.00. The predicted octanol–water partition coefficient (Wildman–Crippen LogP) is 7.08. The number of alkyl halides is 3. The molecule has 2 amide bonds. The van der Waals surface area contributed by atoms with E-state index in [1.54, 1.807) is 47.8 Å². The van der Waals surface area contributed by atoms with E-state index >= 15 is 0 Å². The number of nitrogens with one attached hydrogen (secondary N) is 2. The van der Waals surface area contributed by atoms with Gasteiger partial charge in [-0.15, -0.1) is 11.8 Å². The minimum Gasteiger partial charge on any atom is -0.326 e. The minimum absolute atomic E-state index is 0.0131. The van der Waals surface area contributed by atoms with E-state index in [0.29, 0.717) is 16.1 Å². The van der Waals surface area contributed by atoms with Gasteiger partial charge in [-0.25, -0.2) is 17.6 Å². The van der Waals surface area contributed by atoms with E-state index in [2.05, 4.69) is 5.32 Å². The molecule has 1 aliphatic rings. The van der Waals surface area contributed by atoms with Crippen molar-refractivity contribution in [3.8, 4) is 0 Å². The number of benzene rings is 3. The molecule has 1 fully saturated rings. The molecular weight excluding hydrogens is 525 g/mol. The molecule has 0 bridgehead atoms. The highest BCUT2D eigenvalue weighted by atomic mass is 32.2. The molecule has 3 aromatic rings. The Hall–Kier alpha value is -3.54. The summed E-state index contributed by atoms with van der Waals surface area (Å²) in [6.07, 6.45) is -4.06. The molecule has 1 saturated carbocycles. The van der Waals surface area contributed by atoms with Gasteiger partial charge in [0.05, 0.1) is 0 Å². The van der Waals surface area contributed by atoms with Crippen molar-refractivity contribution in [3.63, 3.8) is 0 Å². The number of anilines is 2. The maximum absolute atomic E-state index is 14.4. The summed E-state index contributed by atoms with van der Waals surface area (Å²) in [7, 11) is 0. The fourth-order valence-electron chi connectivity index (χ4n) is 3.42. The van der Waals surface area contributed by atoms with Crippen LogP contribution in [0.15, 0.2) is 59.5 Å². The highest BCUT2D eigenvalue weighted by Crippen LogP contribution is 2.41. The molecule has 1 aliphatic carbocycles. The molecule has 0 saturated heterocycles. The molecular formula is C25H17F7N2O2S. The topological polar surface area (TPSA) is 58.2 Å². The van der Waals surface area contributed by atoms with Crippen molar-refractivity contribution in [1.29, 1.82) is 0 Å². The first-order valence-electron chi connectivity index (χ1n) is 10.8. The Balaban J connectivity index is 1.60. The Morgan fingerprint density at radius 3 is 1.89 bits per heavy atom. The maximum atomic E-state index is 14.4. The molecule has 1 atom stereocenters. The van der Waals surface area contributed by atoms with E-state index in [4.69, 9.17) is 0 Å². The fraction of sp³-hybridized carbons (Fsp3) is 0.200. The summed E-state index contributed by atoms with van der Waals surface area (Å²) in [5.41, 5.74) is -3.55. The highest BCUT2D eigenvalue weighted by Gasteiger charge is 2.43. The van der Waals surface area contributed by atoms with Crippen molar-refractivity contribution in [2.24, 2.45) is 5.92 Å². The number of rotatable bonds is 7. The Bertz CT molecular complexity index is 1300. The number of carbonyl (C=O) groups is 2. The van der Waals surface area contributed by atoms with Crippen LogP contribution in [0.4, 0.5) is 42.1 Å². The van der Waals surface area contributed by atoms with E-state index in [0.717, 1.165) is 24.6 Å². The van der Waals surface area contributed by atoms with Crippen molar-refractivity contribution in [2.45, 2.75) is 29.2 Å². The van der Waals surface area contributed by atoms with Gasteiger partial charge >= 0.3 is 6.18 Å². The summed E-state index contributed by atoms with van der Waals surface area (Å²) in [6, 6.07) is 14.1. The molecule has 12 heteroatoms. The Kier molecular flexibility index (Phi) is 7.49. The third kappa shape index (κ3) is 5.90. The lowest BCUT2D eigenvalue weighted by molar-refractivity contribution is -0.143. The average Bonchev–Trinajstić information content (AvgIpc) is 3.70. The summed E-state index contributed by atoms with van der Waals surface area (Å²) in [5.74, 6) is -11.4. The number of hydrogen-bond donors (Lipinski definition) is 2. The van der Waals surface area contributed by atoms with Crippen molar-refractivity contribution in [3.05, 3.63) is 89.0 Å². The third-order valence-corrected chi connectivity index (χ3v) is 6.73. The molecule has 0 radical (unpaired) electrons. The minimum atomic E-state index is -5.70. The molecule has 0 aromatic heterocycles. The lowest BCUT2D eigenvalue weighted by Gasteiger charge is -2.19. The smallest absolute Gasteiger partial charge is 0.326 e. The lowest BCUT2D eigenvalue weighted by atomic mass is 10.1. The zero-order valence-corrected chi connectivity index (χ0v) is 19.5. The lowest BCUT2D eigenvalue weighted by Crippen LogP contribution is -2.23. The van der Waals surface area contributed by atoms with Crippen molar-refractivity contribution >= 4 is 35.0 Å². The van der Waals surface area contributed by atoms with Crippen LogP contribution in [0.3, 0.4) is 0 Å². The number of hydrogen-bond acceptors (Lipinski definition) is 3. The van der Waals surface area contributed by atoms with E-state index < -0.39 is 51.9 Å². The average molecular weight is 542 g/mol. The number of thioether (sulfide) groups is 1. The molecule has 1 unspecified atom stereocenters. The Morgan fingerprint density at radius 2 is 1.38 bits per heavy atom. The van der Waals surface area contributed by atoms with Gasteiger partial charge in [-0.3, -0.25) is 9.59 Å². The summed E-state index contributed by atoms with van der Waals surface area (Å²) >= 11 is 0.906. The van der Waals surface area contributed by atoms with Crippen LogP contribution in [-0.4, -0.2) is 11.8 Å². The molecule has 2 N–H and O–H groups in total. The van der Waals surface area contributed by atoms with Crippen LogP contribution < -0.4 is 10.6 Å². The molecule has 0 aliphatic heterocycles. The largest absolute Gasteiger partial charge is 0.422 e. The van der Waals surface area contributed by atoms with Crippen LogP contribution in [-0.2, 0) is 15.8 Å². The van der Waals surface area contributed by atoms with Gasteiger partial charge in [0.1, 0.15) is 16.5 Å². The van der Waals surface area contributed by atoms with Gasteiger partial charge in [-0.1, -0.05) is 30.3 Å². The molecule has 4 nitrogen and oxygen atoms in total. The van der Waals surface area contributed by atoms with Gasteiger partial charge in [0.2, 0.25) is 11.8 Å². The summed E-state index contributed by atoms with van der Waals surface area (Å²) in [4.78, 5) is 25.4. The summed E-state index contributed by atoms with van der Waals surface area (Å²) < 4.78 is 95.4. The van der Waals surface area contributed by atoms with E-state index in [1.807, 2.05) is 0 Å². The van der Waals surface area contributed by atoms with Crippen LogP contribution in [0.25, 0.3) is 0 Å². The summed E-state index contributed by atoms with van der Waals surface area (Å²) in [5, 5.41) is 3.23. The second-order valence-electron chi connectivity index (χ2n) is 8.19. The van der Waals surface area contributed by atoms with Crippen LogP contribution in [0.1, 0.15) is 29.2 Å². The third-order valence-electron chi connectivity index (χ3n) is 5.46. The van der Waals surface area contributed by atoms with E-state index in [1.165, 1.54) is 12.1 Å². The Morgan fingerprint density at radius 1 is 0.811 bits per heavy atom. The monoisotopic (exact) mass is 542 g/mol. The van der Waals surface area contributed by atoms with Gasteiger partial charge in [-0.2, -0.15) is 13.2 Å². The van der Waals surface area contributed by atoms with Gasteiger partial charge in [0.25, 0.3) is 0 Å². The fourth-order valence-corrected chi connectivity index (χ4v) is 4.45. The normalized spacial score (nSPS) is 14.2. The zero-order valence-electron chi connectivity index (χ0n) is 18.6. The molecule has 194 valence electrons. The van der Waals surface area contributed by atoms with Crippen LogP contribution in [0.2, 0.25) is 0 Å². The maximum Gasteiger partial charge on any atom is 0.422 e. The SMILES string of the molecule is O=C(Nc1ccc(SC(C(=O)Nc2c(F)c(F)c(C(F)(F)F)c(F)c2F)c2ccccc2)cc1)C1CC1. The first-order valence-corrected chi connectivity index (χ1v) is 11.7. The predicted molar refractivity (Wildman–Crippen MR) is 123 cm³/mol. The van der Waals surface area contributed by atoms with Crippen molar-refractivity contribution < 1.29 is 40.3 Å². The molecule has 37 heavy (non-hydrogen) atoms. The summed E-state index contributed by atoms with van der Waals surface area (Å²) in [6.45, 7) is 0. The standard InChI is InChI=1S/C25H17F7N2O2S/c26-17-16(25(30,31)32)18(27)20(29)21(19(17)28)34-24(36)22(12-4-2-1-3-5-12)37-15-10-8-14(9-11-15)33-23(35)13-6-7-13/h1-5,8-11,13,22H,6-7H2,(H,33,35)(H,34,36). The quantitative estimate of drug-likeness (QED) is 0.191. The molecule has 4 rings (SSSR count). The number of halogens is 7. The number of amides is 2. The van der Waals surface area contributed by atoms with Gasteiger partial charge < -0.3 is 10.6 Å². The number of carbonyl (C=O) groups excluding carboxylic acids is 2. The second kappa shape index (κ2) is 10.4. The van der Waals surface area contributed by atoms with Gasteiger partial charge in [-0.05, 0) is 42.7 Å². The van der Waals surface area contributed by atoms with E-state index in [-0.39, 0.29) is 11.8 Å². The van der Waals surface area contributed by atoms with E-state index in [9.17, 15) is 40.3 Å². The van der Waals surface area contributed by atoms with Crippen molar-refractivity contribution in [1.82, 2.24) is 0 Å². The van der Waals surface area contributed by atoms with Crippen LogP contribution in [0, 0.1) is 29.2 Å². The van der Waals surface area contributed by atoms with Gasteiger partial charge in [0.15, 0.2) is 23.3 Å². The van der Waals surface area contributed by atoms with Crippen LogP contribution in [0.5, 0.6) is 0 Å². The first-order chi connectivity index (χ1) is 17.5. The molecule has 0 heterocycles. The first kappa shape index (κ1) is 26.5. The molecule has 3 aromatic carbocycles.